The second-order valence-corrected chi connectivity index (χ2v) is 12.1. The number of aromatic nitrogens is 3. The molecule has 1 atom stereocenters. The van der Waals surface area contributed by atoms with Crippen LogP contribution in [-0.4, -0.2) is 85.9 Å². The normalized spacial score (nSPS) is 14.5. The van der Waals surface area contributed by atoms with Gasteiger partial charge in [0, 0.05) is 61.2 Å². The minimum Gasteiger partial charge on any atom is -0.493 e. The van der Waals surface area contributed by atoms with E-state index in [2.05, 4.69) is 48.9 Å². The summed E-state index contributed by atoms with van der Waals surface area (Å²) < 4.78 is 24.2. The predicted octanol–water partition coefficient (Wildman–Crippen LogP) is 5.52. The number of imidazole rings is 1. The lowest BCUT2D eigenvalue weighted by Crippen LogP contribution is -2.34. The zero-order valence-corrected chi connectivity index (χ0v) is 28.1. The van der Waals surface area contributed by atoms with Crippen molar-refractivity contribution in [3.8, 4) is 17.2 Å². The number of benzene rings is 2. The topological polar surface area (TPSA) is 107 Å². The summed E-state index contributed by atoms with van der Waals surface area (Å²) in [6, 6.07) is 16.1. The number of furan rings is 1. The fraction of sp³-hybridized carbons (Fsp3) is 0.378. The Balaban J connectivity index is 1.13. The molecule has 5 aromatic rings. The van der Waals surface area contributed by atoms with Gasteiger partial charge in [-0.2, -0.15) is 0 Å². The van der Waals surface area contributed by atoms with Crippen LogP contribution in [0.15, 0.2) is 77.9 Å². The van der Waals surface area contributed by atoms with Crippen LogP contribution in [0.4, 0.5) is 5.95 Å². The third-order valence-electron chi connectivity index (χ3n) is 9.21. The number of hydrogen-bond acceptors (Lipinski definition) is 9. The van der Waals surface area contributed by atoms with Crippen molar-refractivity contribution in [2.45, 2.75) is 32.2 Å². The van der Waals surface area contributed by atoms with Gasteiger partial charge in [-0.05, 0) is 68.8 Å². The van der Waals surface area contributed by atoms with E-state index in [9.17, 15) is 4.79 Å². The summed E-state index contributed by atoms with van der Waals surface area (Å²) in [6.45, 7) is 7.66. The minimum atomic E-state index is -0.190. The molecule has 4 heterocycles. The van der Waals surface area contributed by atoms with Crippen molar-refractivity contribution in [3.63, 3.8) is 0 Å². The summed E-state index contributed by atoms with van der Waals surface area (Å²) in [7, 11) is 4.66. The fourth-order valence-corrected chi connectivity index (χ4v) is 6.61. The lowest BCUT2D eigenvalue weighted by Gasteiger charge is -2.25. The minimum absolute atomic E-state index is 0.0866. The van der Waals surface area contributed by atoms with Crippen LogP contribution >= 0.6 is 0 Å². The molecular formula is C37H44N6O5. The zero-order chi connectivity index (χ0) is 33.5. The summed E-state index contributed by atoms with van der Waals surface area (Å²) in [6.07, 6.45) is 9.10. The fourth-order valence-electron chi connectivity index (χ4n) is 6.61. The van der Waals surface area contributed by atoms with E-state index in [0.29, 0.717) is 41.5 Å². The molecule has 1 aliphatic heterocycles. The van der Waals surface area contributed by atoms with Gasteiger partial charge in [-0.25, -0.2) is 4.98 Å². The smallest absolute Gasteiger partial charge is 0.251 e. The Bertz CT molecular complexity index is 1810. The molecule has 0 radical (unpaired) electrons. The number of fused-ring (bicyclic) bond motifs is 1. The van der Waals surface area contributed by atoms with Crippen molar-refractivity contribution in [2.24, 2.45) is 0 Å². The van der Waals surface area contributed by atoms with Crippen molar-refractivity contribution in [1.29, 1.82) is 0 Å². The molecule has 252 valence electrons. The second kappa shape index (κ2) is 15.2. The van der Waals surface area contributed by atoms with Crippen molar-refractivity contribution in [3.05, 3.63) is 95.7 Å². The molecule has 0 aliphatic carbocycles. The second-order valence-electron chi connectivity index (χ2n) is 12.1. The highest BCUT2D eigenvalue weighted by Crippen LogP contribution is 2.41. The molecule has 3 aromatic heterocycles. The first kappa shape index (κ1) is 32.9. The maximum absolute atomic E-state index is 13.5. The standard InChI is InChI=1S/C37H44N6O5/c1-26-30(21-33(45-2)35(47-4)34(26)46-3)36(44)39-23-29(28-9-7-14-38-22-28)12-17-41-15-8-16-42(19-18-41)37-40-31-10-5-6-11-32(31)43(37)24-27-13-20-48-25-27/h5-7,9-11,13-14,20-22,25,29H,8,12,15-19,23-24H2,1-4H3,(H,39,44). The third kappa shape index (κ3) is 7.11. The molecule has 1 aliphatic rings. The molecule has 1 unspecified atom stereocenters. The molecule has 0 saturated carbocycles. The van der Waals surface area contributed by atoms with E-state index < -0.39 is 0 Å². The van der Waals surface area contributed by atoms with Gasteiger partial charge in [-0.1, -0.05) is 18.2 Å². The first-order valence-corrected chi connectivity index (χ1v) is 16.4. The number of carbonyl (C=O) groups is 1. The SMILES string of the molecule is COc1cc(C(=O)NCC(CCN2CCCN(c3nc4ccccc4n3Cc3ccoc3)CC2)c2cccnc2)c(C)c(OC)c1OC. The average molecular weight is 653 g/mol. The summed E-state index contributed by atoms with van der Waals surface area (Å²) >= 11 is 0. The number of pyridine rings is 1. The molecule has 1 N–H and O–H groups in total. The Labute approximate surface area is 281 Å². The Kier molecular flexibility index (Phi) is 10.4. The highest BCUT2D eigenvalue weighted by atomic mass is 16.5. The molecule has 1 amide bonds. The van der Waals surface area contributed by atoms with Gasteiger partial charge < -0.3 is 38.3 Å². The number of rotatable bonds is 13. The maximum Gasteiger partial charge on any atom is 0.251 e. The number of methoxy groups -OCH3 is 3. The lowest BCUT2D eigenvalue weighted by atomic mass is 9.96. The largest absolute Gasteiger partial charge is 0.493 e. The highest BCUT2D eigenvalue weighted by molar-refractivity contribution is 5.97. The van der Waals surface area contributed by atoms with Crippen LogP contribution < -0.4 is 24.4 Å². The summed E-state index contributed by atoms with van der Waals surface area (Å²) in [5, 5.41) is 3.18. The van der Waals surface area contributed by atoms with Crippen molar-refractivity contribution in [2.75, 3.05) is 65.5 Å². The van der Waals surface area contributed by atoms with E-state index in [1.165, 1.54) is 0 Å². The Morgan fingerprint density at radius 3 is 2.60 bits per heavy atom. The van der Waals surface area contributed by atoms with Gasteiger partial charge in [0.1, 0.15) is 0 Å². The van der Waals surface area contributed by atoms with Crippen LogP contribution in [0.1, 0.15) is 45.8 Å². The molecule has 0 spiro atoms. The number of hydrogen-bond donors (Lipinski definition) is 1. The first-order chi connectivity index (χ1) is 23.5. The molecule has 2 aromatic carbocycles. The summed E-state index contributed by atoms with van der Waals surface area (Å²) in [5.41, 5.74) is 5.52. The molecule has 6 rings (SSSR count). The average Bonchev–Trinajstić information content (AvgIpc) is 3.70. The zero-order valence-electron chi connectivity index (χ0n) is 28.1. The Morgan fingerprint density at radius 1 is 1.00 bits per heavy atom. The van der Waals surface area contributed by atoms with E-state index in [-0.39, 0.29) is 11.8 Å². The molecule has 11 nitrogen and oxygen atoms in total. The van der Waals surface area contributed by atoms with Crippen LogP contribution in [0, 0.1) is 6.92 Å². The molecule has 1 saturated heterocycles. The molecule has 48 heavy (non-hydrogen) atoms. The number of anilines is 1. The Morgan fingerprint density at radius 2 is 1.85 bits per heavy atom. The van der Waals surface area contributed by atoms with Gasteiger partial charge in [0.2, 0.25) is 11.7 Å². The molecule has 11 heteroatoms. The monoisotopic (exact) mass is 652 g/mol. The number of carbonyl (C=O) groups excluding carboxylic acids is 1. The number of para-hydroxylation sites is 2. The maximum atomic E-state index is 13.5. The number of nitrogens with one attached hydrogen (secondary N) is 1. The van der Waals surface area contributed by atoms with Gasteiger partial charge in [0.05, 0.1) is 51.4 Å². The third-order valence-corrected chi connectivity index (χ3v) is 9.21. The molecule has 1 fully saturated rings. The van der Waals surface area contributed by atoms with Gasteiger partial charge in [-0.15, -0.1) is 0 Å². The lowest BCUT2D eigenvalue weighted by molar-refractivity contribution is 0.0948. The Hall–Kier alpha value is -5.03. The van der Waals surface area contributed by atoms with Crippen LogP contribution in [0.2, 0.25) is 0 Å². The van der Waals surface area contributed by atoms with Crippen LogP contribution in [-0.2, 0) is 6.54 Å². The van der Waals surface area contributed by atoms with Gasteiger partial charge in [0.15, 0.2) is 11.5 Å². The quantitative estimate of drug-likeness (QED) is 0.176. The van der Waals surface area contributed by atoms with E-state index in [0.717, 1.165) is 73.7 Å². The van der Waals surface area contributed by atoms with Gasteiger partial charge in [0.25, 0.3) is 5.91 Å². The van der Waals surface area contributed by atoms with Crippen molar-refractivity contribution >= 4 is 22.9 Å². The number of ether oxygens (including phenoxy) is 3. The van der Waals surface area contributed by atoms with E-state index in [4.69, 9.17) is 23.6 Å². The number of amides is 1. The van der Waals surface area contributed by atoms with Crippen molar-refractivity contribution in [1.82, 2.24) is 24.8 Å². The summed E-state index contributed by atoms with van der Waals surface area (Å²) in [4.78, 5) is 27.9. The van der Waals surface area contributed by atoms with Crippen LogP contribution in [0.25, 0.3) is 11.0 Å². The number of nitrogens with zero attached hydrogens (tertiary/aromatic N) is 5. The predicted molar refractivity (Wildman–Crippen MR) is 186 cm³/mol. The van der Waals surface area contributed by atoms with Crippen LogP contribution in [0.3, 0.4) is 0 Å². The van der Waals surface area contributed by atoms with E-state index in [1.807, 2.05) is 31.3 Å². The highest BCUT2D eigenvalue weighted by Gasteiger charge is 2.25. The van der Waals surface area contributed by atoms with Gasteiger partial charge in [-0.3, -0.25) is 9.78 Å². The van der Waals surface area contributed by atoms with Gasteiger partial charge >= 0.3 is 0 Å². The molecule has 0 bridgehead atoms. The summed E-state index contributed by atoms with van der Waals surface area (Å²) in [5.74, 6) is 2.29. The molecular weight excluding hydrogens is 608 g/mol. The van der Waals surface area contributed by atoms with E-state index >= 15 is 0 Å². The van der Waals surface area contributed by atoms with E-state index in [1.54, 1.807) is 46.1 Å². The van der Waals surface area contributed by atoms with Crippen LogP contribution in [0.5, 0.6) is 17.2 Å². The first-order valence-electron chi connectivity index (χ1n) is 16.4. The van der Waals surface area contributed by atoms with Crippen molar-refractivity contribution < 1.29 is 23.4 Å².